The fourth-order valence-electron chi connectivity index (χ4n) is 3.95. The van der Waals surface area contributed by atoms with Gasteiger partial charge < -0.3 is 15.8 Å². The topological polar surface area (TPSA) is 117 Å². The molecule has 1 fully saturated rings. The first kappa shape index (κ1) is 22.4. The Morgan fingerprint density at radius 3 is 2.64 bits per heavy atom. The number of nitrogen functional groups attached to an aromatic ring is 1. The minimum Gasteiger partial charge on any atom is -0.481 e. The number of hydrogen-bond donors (Lipinski definition) is 3. The highest BCUT2D eigenvalue weighted by Gasteiger charge is 2.17. The minimum atomic E-state index is -0.567. The van der Waals surface area contributed by atoms with Crippen molar-refractivity contribution in [2.75, 3.05) is 31.2 Å². The molecule has 0 unspecified atom stereocenters. The number of benzene rings is 1. The van der Waals surface area contributed by atoms with E-state index in [1.165, 1.54) is 32.6 Å². The molecule has 4 rings (SSSR count). The SMILES string of the molecule is COc1ccc(NC(=O)C(=N)c2cc(-c3cncc(CN4CCCCC4)c3)ccc2N)cn1. The number of amides is 1. The second-order valence-corrected chi connectivity index (χ2v) is 8.14. The van der Waals surface area contributed by atoms with E-state index in [1.807, 2.05) is 12.3 Å². The molecule has 4 N–H and O–H groups in total. The maximum absolute atomic E-state index is 12.7. The van der Waals surface area contributed by atoms with Crippen LogP contribution in [0.1, 0.15) is 30.4 Å². The Balaban J connectivity index is 1.51. The summed E-state index contributed by atoms with van der Waals surface area (Å²) in [5.74, 6) is -0.126. The number of nitrogens with one attached hydrogen (secondary N) is 2. The van der Waals surface area contributed by atoms with Crippen molar-refractivity contribution in [3.63, 3.8) is 0 Å². The molecule has 1 aromatic carbocycles. The molecule has 1 aliphatic heterocycles. The van der Waals surface area contributed by atoms with Gasteiger partial charge in [0.1, 0.15) is 5.71 Å². The van der Waals surface area contributed by atoms with Crippen molar-refractivity contribution in [2.45, 2.75) is 25.8 Å². The average Bonchev–Trinajstić information content (AvgIpc) is 2.85. The lowest BCUT2D eigenvalue weighted by atomic mass is 9.99. The third-order valence-corrected chi connectivity index (χ3v) is 5.74. The first-order valence-corrected chi connectivity index (χ1v) is 11.0. The van der Waals surface area contributed by atoms with Gasteiger partial charge in [0.05, 0.1) is 19.0 Å². The van der Waals surface area contributed by atoms with Crippen molar-refractivity contribution >= 4 is 23.0 Å². The van der Waals surface area contributed by atoms with Crippen molar-refractivity contribution in [3.8, 4) is 17.0 Å². The summed E-state index contributed by atoms with van der Waals surface area (Å²) in [4.78, 5) is 23.6. The molecule has 3 aromatic rings. The largest absolute Gasteiger partial charge is 0.481 e. The molecule has 2 aromatic heterocycles. The van der Waals surface area contributed by atoms with E-state index in [9.17, 15) is 4.79 Å². The lowest BCUT2D eigenvalue weighted by Gasteiger charge is -2.26. The van der Waals surface area contributed by atoms with Crippen LogP contribution in [0.2, 0.25) is 0 Å². The van der Waals surface area contributed by atoms with E-state index in [-0.39, 0.29) is 5.71 Å². The summed E-state index contributed by atoms with van der Waals surface area (Å²) in [6.45, 7) is 3.11. The van der Waals surface area contributed by atoms with Crippen LogP contribution < -0.4 is 15.8 Å². The maximum Gasteiger partial charge on any atom is 0.274 e. The van der Waals surface area contributed by atoms with Gasteiger partial charge in [-0.1, -0.05) is 12.5 Å². The highest BCUT2D eigenvalue weighted by molar-refractivity contribution is 6.48. The summed E-state index contributed by atoms with van der Waals surface area (Å²) in [5.41, 5.74) is 10.0. The predicted octanol–water partition coefficient (Wildman–Crippen LogP) is 3.73. The number of aromatic nitrogens is 2. The second-order valence-electron chi connectivity index (χ2n) is 8.14. The van der Waals surface area contributed by atoms with E-state index in [0.717, 1.165) is 36.3 Å². The van der Waals surface area contributed by atoms with E-state index >= 15 is 0 Å². The van der Waals surface area contributed by atoms with Gasteiger partial charge in [0.2, 0.25) is 5.88 Å². The molecule has 0 atom stereocenters. The Labute approximate surface area is 193 Å². The third kappa shape index (κ3) is 5.53. The van der Waals surface area contributed by atoms with E-state index < -0.39 is 5.91 Å². The van der Waals surface area contributed by atoms with Gasteiger partial charge in [0.15, 0.2) is 0 Å². The minimum absolute atomic E-state index is 0.220. The molecule has 0 radical (unpaired) electrons. The number of pyridine rings is 2. The van der Waals surface area contributed by atoms with Crippen molar-refractivity contribution in [2.24, 2.45) is 0 Å². The van der Waals surface area contributed by atoms with Crippen LogP contribution >= 0.6 is 0 Å². The molecule has 0 saturated carbocycles. The van der Waals surface area contributed by atoms with Gasteiger partial charge in [-0.3, -0.25) is 20.1 Å². The Bertz CT molecular complexity index is 1140. The van der Waals surface area contributed by atoms with Crippen molar-refractivity contribution < 1.29 is 9.53 Å². The summed E-state index contributed by atoms with van der Waals surface area (Å²) in [5, 5.41) is 11.1. The molecular formula is C25H28N6O2. The molecule has 1 amide bonds. The Kier molecular flexibility index (Phi) is 6.95. The molecule has 1 aliphatic rings. The number of ether oxygens (including phenoxy) is 1. The van der Waals surface area contributed by atoms with Crippen LogP contribution in [0.3, 0.4) is 0 Å². The highest BCUT2D eigenvalue weighted by atomic mass is 16.5. The van der Waals surface area contributed by atoms with Crippen molar-refractivity contribution in [1.82, 2.24) is 14.9 Å². The van der Waals surface area contributed by atoms with Crippen LogP contribution in [0.25, 0.3) is 11.1 Å². The van der Waals surface area contributed by atoms with Crippen LogP contribution in [-0.2, 0) is 11.3 Å². The first-order valence-electron chi connectivity index (χ1n) is 11.0. The summed E-state index contributed by atoms with van der Waals surface area (Å²) in [7, 11) is 1.52. The number of carbonyl (C=O) groups excluding carboxylic acids is 1. The molecular weight excluding hydrogens is 416 g/mol. The highest BCUT2D eigenvalue weighted by Crippen LogP contribution is 2.25. The molecule has 8 heteroatoms. The van der Waals surface area contributed by atoms with Gasteiger partial charge in [-0.05, 0) is 61.3 Å². The van der Waals surface area contributed by atoms with Crippen molar-refractivity contribution in [3.05, 3.63) is 66.1 Å². The molecule has 3 heterocycles. The summed E-state index contributed by atoms with van der Waals surface area (Å²) < 4.78 is 5.02. The van der Waals surface area contributed by atoms with Crippen LogP contribution in [0.15, 0.2) is 55.0 Å². The summed E-state index contributed by atoms with van der Waals surface area (Å²) in [6.07, 6.45) is 8.95. The number of nitrogens with zero attached hydrogens (tertiary/aromatic N) is 3. The van der Waals surface area contributed by atoms with Crippen molar-refractivity contribution in [1.29, 1.82) is 5.41 Å². The predicted molar refractivity (Wildman–Crippen MR) is 129 cm³/mol. The lowest BCUT2D eigenvalue weighted by molar-refractivity contribution is -0.110. The fraction of sp³-hybridized carbons (Fsp3) is 0.280. The zero-order valence-electron chi connectivity index (χ0n) is 18.7. The van der Waals surface area contributed by atoms with E-state index in [2.05, 4.69) is 26.3 Å². The molecule has 8 nitrogen and oxygen atoms in total. The van der Waals surface area contributed by atoms with Gasteiger partial charge in [0.25, 0.3) is 5.91 Å². The Morgan fingerprint density at radius 2 is 1.91 bits per heavy atom. The fourth-order valence-corrected chi connectivity index (χ4v) is 3.95. The number of piperidine rings is 1. The average molecular weight is 445 g/mol. The smallest absolute Gasteiger partial charge is 0.274 e. The van der Waals surface area contributed by atoms with Gasteiger partial charge in [-0.15, -0.1) is 0 Å². The number of carbonyl (C=O) groups is 1. The van der Waals surface area contributed by atoms with Gasteiger partial charge in [-0.2, -0.15) is 0 Å². The quantitative estimate of drug-likeness (QED) is 0.378. The molecule has 0 bridgehead atoms. The summed E-state index contributed by atoms with van der Waals surface area (Å²) >= 11 is 0. The number of rotatable bonds is 7. The normalized spacial score (nSPS) is 14.0. The van der Waals surface area contributed by atoms with Crippen LogP contribution in [0, 0.1) is 5.41 Å². The number of likely N-dealkylation sites (tertiary alicyclic amines) is 1. The van der Waals surface area contributed by atoms with E-state index in [0.29, 0.717) is 22.8 Å². The molecule has 0 aliphatic carbocycles. The standard InChI is InChI=1S/C25H28N6O2/c1-33-23-8-6-20(15-29-23)30-25(32)24(27)21-12-18(5-7-22(21)26)19-11-17(13-28-14-19)16-31-9-3-2-4-10-31/h5-8,11-15,27H,2-4,9-10,16,26H2,1H3,(H,30,32). The Hall–Kier alpha value is -3.78. The third-order valence-electron chi connectivity index (χ3n) is 5.74. The number of methoxy groups -OCH3 is 1. The van der Waals surface area contributed by atoms with Gasteiger partial charge in [-0.25, -0.2) is 4.98 Å². The maximum atomic E-state index is 12.7. The first-order chi connectivity index (χ1) is 16.0. The van der Waals surface area contributed by atoms with E-state index in [1.54, 1.807) is 30.5 Å². The number of nitrogens with two attached hydrogens (primary N) is 1. The van der Waals surface area contributed by atoms with Gasteiger partial charge >= 0.3 is 0 Å². The van der Waals surface area contributed by atoms with Crippen LogP contribution in [0.5, 0.6) is 5.88 Å². The second kappa shape index (κ2) is 10.2. The number of anilines is 2. The zero-order valence-corrected chi connectivity index (χ0v) is 18.7. The zero-order chi connectivity index (χ0) is 23.2. The molecule has 1 saturated heterocycles. The van der Waals surface area contributed by atoms with Crippen LogP contribution in [-0.4, -0.2) is 46.7 Å². The number of hydrogen-bond acceptors (Lipinski definition) is 7. The lowest BCUT2D eigenvalue weighted by Crippen LogP contribution is -2.29. The Morgan fingerprint density at radius 1 is 1.09 bits per heavy atom. The molecule has 0 spiro atoms. The molecule has 33 heavy (non-hydrogen) atoms. The van der Waals surface area contributed by atoms with E-state index in [4.69, 9.17) is 15.9 Å². The molecule has 170 valence electrons. The van der Waals surface area contributed by atoms with Gasteiger partial charge in [0, 0.05) is 41.8 Å². The monoisotopic (exact) mass is 444 g/mol. The summed E-state index contributed by atoms with van der Waals surface area (Å²) in [6, 6.07) is 10.8. The van der Waals surface area contributed by atoms with Crippen LogP contribution in [0.4, 0.5) is 11.4 Å².